The van der Waals surface area contributed by atoms with E-state index < -0.39 is 56.4 Å². The Morgan fingerprint density at radius 3 is 2.55 bits per heavy atom. The Labute approximate surface area is 208 Å². The van der Waals surface area contributed by atoms with Crippen molar-refractivity contribution in [1.29, 1.82) is 0 Å². The van der Waals surface area contributed by atoms with E-state index >= 15 is 0 Å². The van der Waals surface area contributed by atoms with Crippen LogP contribution in [0.5, 0.6) is 0 Å². The van der Waals surface area contributed by atoms with Crippen LogP contribution in [-0.4, -0.2) is 45.4 Å². The maximum atomic E-state index is 13.9. The fourth-order valence-electron chi connectivity index (χ4n) is 7.13. The maximum absolute atomic E-state index is 13.9. The number of ether oxygens (including phenoxy) is 1. The summed E-state index contributed by atoms with van der Waals surface area (Å²) in [5.41, 5.74) is -2.41. The van der Waals surface area contributed by atoms with E-state index in [1.807, 2.05) is 19.9 Å². The average Bonchev–Trinajstić information content (AvgIpc) is 2.96. The van der Waals surface area contributed by atoms with Crippen molar-refractivity contribution >= 4 is 52.3 Å². The lowest BCUT2D eigenvalue weighted by Crippen LogP contribution is -2.70. The summed E-state index contributed by atoms with van der Waals surface area (Å²) in [5, 5.41) is -1.20. The van der Waals surface area contributed by atoms with Gasteiger partial charge in [-0.25, -0.2) is 4.39 Å². The van der Waals surface area contributed by atoms with Crippen molar-refractivity contribution in [3.05, 3.63) is 36.0 Å². The number of carbonyl (C=O) groups is 3. The fraction of sp³-hybridized carbons (Fsp3) is 0.640. The highest BCUT2D eigenvalue weighted by Gasteiger charge is 2.76. The molecule has 0 amide bonds. The molecule has 8 atom stereocenters. The first-order chi connectivity index (χ1) is 15.3. The molecule has 0 radical (unpaired) electrons. The van der Waals surface area contributed by atoms with Crippen LogP contribution in [0.25, 0.3) is 0 Å². The zero-order chi connectivity index (χ0) is 24.6. The molecule has 0 N–H and O–H groups in total. The molecule has 8 heteroatoms. The molecule has 0 aromatic rings. The number of carbonyl (C=O) groups excluding carboxylic acids is 3. The molecule has 3 fully saturated rings. The third-order valence-corrected chi connectivity index (χ3v) is 10.7. The quantitative estimate of drug-likeness (QED) is 0.281. The van der Waals surface area contributed by atoms with E-state index in [0.29, 0.717) is 18.4 Å². The second kappa shape index (κ2) is 7.93. The molecule has 0 unspecified atom stereocenters. The predicted molar refractivity (Wildman–Crippen MR) is 126 cm³/mol. The van der Waals surface area contributed by atoms with Crippen LogP contribution in [0.2, 0.25) is 0 Å². The summed E-state index contributed by atoms with van der Waals surface area (Å²) < 4.78 is 19.7. The highest BCUT2D eigenvalue weighted by Crippen LogP contribution is 2.73. The standard InChI is InChI=1S/C25H28Cl3FO4/c1-5-20(32)33-25(19(31)12-29)13(2)8-16-21-17(26)10-14-9-15(30)6-7-22(14,3)24(21,28)18(27)11-23(16,25)4/h6-7,9,16-18,21H,2,5,8,10-12H2,1,3-4H3/t16-,17+,18-,21+,22-,23-,24+,25+/m0/s1. The van der Waals surface area contributed by atoms with Gasteiger partial charge in [0.25, 0.3) is 0 Å². The number of allylic oxidation sites excluding steroid dienone is 4. The molecule has 0 spiro atoms. The number of rotatable bonds is 4. The summed E-state index contributed by atoms with van der Waals surface area (Å²) in [6.45, 7) is 8.19. The van der Waals surface area contributed by atoms with Crippen LogP contribution < -0.4 is 0 Å². The number of fused-ring (bicyclic) bond motifs is 5. The monoisotopic (exact) mass is 516 g/mol. The minimum absolute atomic E-state index is 0.0334. The Kier molecular flexibility index (Phi) is 5.99. The SMILES string of the molecule is C=C1C[C@H]2[C@@H]3[C@H](Cl)CC4=CC(=O)C=C[C@]4(C)[C@@]3(Cl)[C@@H](Cl)C[C@]2(C)[C@]1(OC(=O)CC)C(=O)CF. The summed E-state index contributed by atoms with van der Waals surface area (Å²) in [5.74, 6) is -2.30. The molecule has 4 aliphatic carbocycles. The lowest BCUT2D eigenvalue weighted by atomic mass is 9.46. The Balaban J connectivity index is 1.90. The molecule has 4 nitrogen and oxygen atoms in total. The number of hydrogen-bond acceptors (Lipinski definition) is 4. The Morgan fingerprint density at radius 1 is 1.27 bits per heavy atom. The summed E-state index contributed by atoms with van der Waals surface area (Å²) in [6, 6.07) is 0. The topological polar surface area (TPSA) is 60.4 Å². The Morgan fingerprint density at radius 2 is 1.94 bits per heavy atom. The van der Waals surface area contributed by atoms with E-state index in [4.69, 9.17) is 39.5 Å². The van der Waals surface area contributed by atoms with Gasteiger partial charge in [-0.1, -0.05) is 39.0 Å². The minimum atomic E-state index is -1.82. The Hall–Kier alpha value is -1.17. The molecule has 0 bridgehead atoms. The van der Waals surface area contributed by atoms with Gasteiger partial charge in [-0.3, -0.25) is 14.4 Å². The molecule has 0 aromatic heterocycles. The van der Waals surface area contributed by atoms with Crippen molar-refractivity contribution in [2.24, 2.45) is 22.7 Å². The molecule has 0 aromatic carbocycles. The zero-order valence-corrected chi connectivity index (χ0v) is 21.2. The van der Waals surface area contributed by atoms with Crippen LogP contribution in [0.1, 0.15) is 46.5 Å². The molecule has 0 heterocycles. The molecule has 0 saturated heterocycles. The van der Waals surface area contributed by atoms with E-state index in [1.165, 1.54) is 6.08 Å². The van der Waals surface area contributed by atoms with Gasteiger partial charge in [-0.2, -0.15) is 0 Å². The van der Waals surface area contributed by atoms with Gasteiger partial charge in [-0.05, 0) is 42.9 Å². The normalized spacial score (nSPS) is 46.2. The molecule has 4 aliphatic rings. The van der Waals surface area contributed by atoms with Crippen LogP contribution in [0.15, 0.2) is 36.0 Å². The van der Waals surface area contributed by atoms with Gasteiger partial charge in [0.2, 0.25) is 5.78 Å². The van der Waals surface area contributed by atoms with E-state index in [1.54, 1.807) is 13.0 Å². The molecule has 180 valence electrons. The predicted octanol–water partition coefficient (Wildman–Crippen LogP) is 5.49. The van der Waals surface area contributed by atoms with Gasteiger partial charge < -0.3 is 4.74 Å². The summed E-state index contributed by atoms with van der Waals surface area (Å²) in [6.07, 6.45) is 5.86. The van der Waals surface area contributed by atoms with Crippen molar-refractivity contribution < 1.29 is 23.5 Å². The first-order valence-electron chi connectivity index (χ1n) is 11.2. The van der Waals surface area contributed by atoms with Crippen molar-refractivity contribution in [1.82, 2.24) is 0 Å². The summed E-state index contributed by atoms with van der Waals surface area (Å²) in [7, 11) is 0. The van der Waals surface area contributed by atoms with Crippen LogP contribution >= 0.6 is 34.8 Å². The highest BCUT2D eigenvalue weighted by molar-refractivity contribution is 6.35. The molecular weight excluding hydrogens is 490 g/mol. The summed E-state index contributed by atoms with van der Waals surface area (Å²) in [4.78, 5) is 36.6. The van der Waals surface area contributed by atoms with Gasteiger partial charge >= 0.3 is 5.97 Å². The molecule has 33 heavy (non-hydrogen) atoms. The van der Waals surface area contributed by atoms with E-state index in [-0.39, 0.29) is 24.5 Å². The molecule has 0 aliphatic heterocycles. The molecule has 3 saturated carbocycles. The first-order valence-corrected chi connectivity index (χ1v) is 12.5. The summed E-state index contributed by atoms with van der Waals surface area (Å²) >= 11 is 21.5. The van der Waals surface area contributed by atoms with Crippen LogP contribution in [0.3, 0.4) is 0 Å². The van der Waals surface area contributed by atoms with Gasteiger partial charge in [0.05, 0.1) is 10.3 Å². The van der Waals surface area contributed by atoms with Crippen LogP contribution in [0.4, 0.5) is 4.39 Å². The minimum Gasteiger partial charge on any atom is -0.446 e. The number of alkyl halides is 4. The van der Waals surface area contributed by atoms with Crippen molar-refractivity contribution in [2.75, 3.05) is 6.67 Å². The number of ketones is 2. The van der Waals surface area contributed by atoms with Crippen LogP contribution in [-0.2, 0) is 19.1 Å². The Bertz CT molecular complexity index is 1010. The number of esters is 1. The van der Waals surface area contributed by atoms with E-state index in [2.05, 4.69) is 6.58 Å². The largest absolute Gasteiger partial charge is 0.446 e. The number of Topliss-reactive ketones (excluding diaryl/α,β-unsaturated/α-hetero) is 1. The molecular formula is C25H28Cl3FO4. The fourth-order valence-corrected chi connectivity index (χ4v) is 9.00. The third-order valence-electron chi connectivity index (χ3n) is 8.80. The first kappa shape index (κ1) is 24.9. The van der Waals surface area contributed by atoms with Crippen molar-refractivity contribution in [2.45, 2.75) is 67.7 Å². The van der Waals surface area contributed by atoms with Gasteiger partial charge in [-0.15, -0.1) is 34.8 Å². The number of halogens is 4. The van der Waals surface area contributed by atoms with Gasteiger partial charge in [0.15, 0.2) is 18.1 Å². The van der Waals surface area contributed by atoms with Gasteiger partial charge in [0.1, 0.15) is 0 Å². The van der Waals surface area contributed by atoms with Crippen molar-refractivity contribution in [3.63, 3.8) is 0 Å². The van der Waals surface area contributed by atoms with Crippen LogP contribution in [0, 0.1) is 22.7 Å². The van der Waals surface area contributed by atoms with Crippen molar-refractivity contribution in [3.8, 4) is 0 Å². The second-order valence-electron chi connectivity index (χ2n) is 10.2. The highest BCUT2D eigenvalue weighted by atomic mass is 35.5. The number of hydrogen-bond donors (Lipinski definition) is 0. The smallest absolute Gasteiger partial charge is 0.306 e. The second-order valence-corrected chi connectivity index (χ2v) is 11.9. The van der Waals surface area contributed by atoms with E-state index in [9.17, 15) is 18.8 Å². The lowest BCUT2D eigenvalue weighted by molar-refractivity contribution is -0.182. The van der Waals surface area contributed by atoms with E-state index in [0.717, 1.165) is 5.57 Å². The van der Waals surface area contributed by atoms with Gasteiger partial charge in [0, 0.05) is 28.5 Å². The third kappa shape index (κ3) is 2.97. The lowest BCUT2D eigenvalue weighted by Gasteiger charge is -2.64. The zero-order valence-electron chi connectivity index (χ0n) is 18.9. The average molecular weight is 518 g/mol. The maximum Gasteiger partial charge on any atom is 0.306 e. The molecule has 4 rings (SSSR count).